The van der Waals surface area contributed by atoms with Gasteiger partial charge in [0.15, 0.2) is 0 Å². The molecule has 0 atom stereocenters. The van der Waals surface area contributed by atoms with Crippen LogP contribution in [0.2, 0.25) is 0 Å². The molecule has 2 heterocycles. The first-order chi connectivity index (χ1) is 14.4. The van der Waals surface area contributed by atoms with E-state index in [2.05, 4.69) is 45.1 Å². The Labute approximate surface area is 186 Å². The van der Waals surface area contributed by atoms with Crippen LogP contribution in [0.3, 0.4) is 0 Å². The van der Waals surface area contributed by atoms with Gasteiger partial charge in [0.2, 0.25) is 0 Å². The molecule has 164 valence electrons. The predicted molar refractivity (Wildman–Crippen MR) is 128 cm³/mol. The molecule has 1 aliphatic heterocycles. The van der Waals surface area contributed by atoms with E-state index < -0.39 is 0 Å². The molecule has 3 rings (SSSR count). The normalized spacial score (nSPS) is 15.0. The summed E-state index contributed by atoms with van der Waals surface area (Å²) in [6, 6.07) is 4.96. The van der Waals surface area contributed by atoms with Crippen LogP contribution in [0, 0.1) is 27.7 Å². The van der Waals surface area contributed by atoms with Gasteiger partial charge in [0.05, 0.1) is 5.69 Å². The highest BCUT2D eigenvalue weighted by molar-refractivity contribution is 7.17. The van der Waals surface area contributed by atoms with Crippen LogP contribution in [0.25, 0.3) is 10.6 Å². The van der Waals surface area contributed by atoms with E-state index in [0.717, 1.165) is 53.6 Å². The van der Waals surface area contributed by atoms with Crippen molar-refractivity contribution in [2.75, 3.05) is 19.6 Å². The molecule has 0 radical (unpaired) electrons. The first-order valence-corrected chi connectivity index (χ1v) is 12.3. The first kappa shape index (κ1) is 23.0. The van der Waals surface area contributed by atoms with Gasteiger partial charge < -0.3 is 10.2 Å². The van der Waals surface area contributed by atoms with Crippen LogP contribution < -0.4 is 5.32 Å². The van der Waals surface area contributed by atoms with E-state index in [0.29, 0.717) is 6.04 Å². The Bertz CT molecular complexity index is 866. The number of benzene rings is 1. The number of aryl methyl sites for hydroxylation is 4. The number of rotatable bonds is 8. The van der Waals surface area contributed by atoms with Crippen LogP contribution >= 0.6 is 11.3 Å². The quantitative estimate of drug-likeness (QED) is 0.540. The van der Waals surface area contributed by atoms with Gasteiger partial charge in [0.25, 0.3) is 5.91 Å². The van der Waals surface area contributed by atoms with Crippen LogP contribution in [-0.2, 0) is 0 Å². The topological polar surface area (TPSA) is 45.2 Å². The van der Waals surface area contributed by atoms with Crippen LogP contribution in [0.4, 0.5) is 0 Å². The third kappa shape index (κ3) is 5.50. The third-order valence-electron chi connectivity index (χ3n) is 6.31. The average Bonchev–Trinajstić information content (AvgIpc) is 3.12. The summed E-state index contributed by atoms with van der Waals surface area (Å²) in [5, 5.41) is 4.64. The maximum atomic E-state index is 13.2. The molecule has 1 saturated heterocycles. The number of amides is 1. The SMILES string of the molecule is CCCCCCNC1CCN(C(=O)c2sc(-c3cc(C)c(C)cc3C)nc2C)CC1. The van der Waals surface area contributed by atoms with Crippen molar-refractivity contribution >= 4 is 17.2 Å². The lowest BCUT2D eigenvalue weighted by Gasteiger charge is -2.32. The van der Waals surface area contributed by atoms with Gasteiger partial charge in [-0.25, -0.2) is 4.98 Å². The minimum atomic E-state index is 0.152. The summed E-state index contributed by atoms with van der Waals surface area (Å²) in [7, 11) is 0. The third-order valence-corrected chi connectivity index (χ3v) is 7.49. The van der Waals surface area contributed by atoms with Crippen molar-refractivity contribution < 1.29 is 4.79 Å². The number of aromatic nitrogens is 1. The van der Waals surface area contributed by atoms with Gasteiger partial charge in [-0.15, -0.1) is 11.3 Å². The van der Waals surface area contributed by atoms with Gasteiger partial charge in [-0.3, -0.25) is 4.79 Å². The Kier molecular flexibility index (Phi) is 8.06. The Balaban J connectivity index is 1.60. The number of nitrogens with one attached hydrogen (secondary N) is 1. The number of carbonyl (C=O) groups is 1. The fourth-order valence-electron chi connectivity index (χ4n) is 4.19. The lowest BCUT2D eigenvalue weighted by Crippen LogP contribution is -2.45. The molecule has 1 fully saturated rings. The van der Waals surface area contributed by atoms with Crippen molar-refractivity contribution in [3.8, 4) is 10.6 Å². The van der Waals surface area contributed by atoms with E-state index in [-0.39, 0.29) is 5.91 Å². The Morgan fingerprint density at radius 2 is 1.77 bits per heavy atom. The summed E-state index contributed by atoms with van der Waals surface area (Å²) in [4.78, 5) is 20.8. The fourth-order valence-corrected chi connectivity index (χ4v) is 5.30. The van der Waals surface area contributed by atoms with Crippen molar-refractivity contribution in [3.05, 3.63) is 39.4 Å². The lowest BCUT2D eigenvalue weighted by molar-refractivity contribution is 0.0709. The zero-order valence-corrected chi connectivity index (χ0v) is 20.1. The zero-order chi connectivity index (χ0) is 21.7. The standard InChI is InChI=1S/C25H37N3OS/c1-6-7-8-9-12-26-21-10-13-28(14-11-21)25(29)23-20(5)27-24(30-23)22-16-18(3)17(2)15-19(22)4/h15-16,21,26H,6-14H2,1-5H3. The summed E-state index contributed by atoms with van der Waals surface area (Å²) in [6.45, 7) is 13.4. The minimum absolute atomic E-state index is 0.152. The Morgan fingerprint density at radius 3 is 2.47 bits per heavy atom. The van der Waals surface area contributed by atoms with Gasteiger partial charge in [0, 0.05) is 24.7 Å². The van der Waals surface area contributed by atoms with Gasteiger partial charge >= 0.3 is 0 Å². The van der Waals surface area contributed by atoms with Crippen molar-refractivity contribution in [2.24, 2.45) is 0 Å². The molecule has 0 saturated carbocycles. The van der Waals surface area contributed by atoms with E-state index in [9.17, 15) is 4.79 Å². The molecule has 1 aliphatic rings. The van der Waals surface area contributed by atoms with Crippen LogP contribution in [0.15, 0.2) is 12.1 Å². The number of nitrogens with zero attached hydrogens (tertiary/aromatic N) is 2. The molecule has 0 unspecified atom stereocenters. The molecule has 0 bridgehead atoms. The zero-order valence-electron chi connectivity index (χ0n) is 19.3. The maximum Gasteiger partial charge on any atom is 0.265 e. The van der Waals surface area contributed by atoms with Gasteiger partial charge in [0.1, 0.15) is 9.88 Å². The summed E-state index contributed by atoms with van der Waals surface area (Å²) in [5.74, 6) is 0.152. The molecule has 1 N–H and O–H groups in total. The second kappa shape index (κ2) is 10.5. The van der Waals surface area contributed by atoms with E-state index in [1.807, 2.05) is 11.8 Å². The Hall–Kier alpha value is -1.72. The van der Waals surface area contributed by atoms with Crippen molar-refractivity contribution in [1.29, 1.82) is 0 Å². The molecule has 4 nitrogen and oxygen atoms in total. The second-order valence-electron chi connectivity index (χ2n) is 8.77. The molecule has 5 heteroatoms. The number of hydrogen-bond acceptors (Lipinski definition) is 4. The molecular formula is C25H37N3OS. The summed E-state index contributed by atoms with van der Waals surface area (Å²) in [5.41, 5.74) is 5.78. The van der Waals surface area contributed by atoms with Crippen LogP contribution in [0.5, 0.6) is 0 Å². The highest BCUT2D eigenvalue weighted by Crippen LogP contribution is 2.33. The molecular weight excluding hydrogens is 390 g/mol. The highest BCUT2D eigenvalue weighted by atomic mass is 32.1. The molecule has 1 amide bonds. The predicted octanol–water partition coefficient (Wildman–Crippen LogP) is 5.82. The number of unbranched alkanes of at least 4 members (excludes halogenated alkanes) is 3. The smallest absolute Gasteiger partial charge is 0.265 e. The van der Waals surface area contributed by atoms with Crippen LogP contribution in [-0.4, -0.2) is 41.5 Å². The Morgan fingerprint density at radius 1 is 1.07 bits per heavy atom. The van der Waals surface area contributed by atoms with Crippen molar-refractivity contribution in [1.82, 2.24) is 15.2 Å². The molecule has 0 aliphatic carbocycles. The summed E-state index contributed by atoms with van der Waals surface area (Å²) >= 11 is 1.55. The van der Waals surface area contributed by atoms with Crippen LogP contribution in [0.1, 0.15) is 77.5 Å². The first-order valence-electron chi connectivity index (χ1n) is 11.5. The molecule has 2 aromatic rings. The summed E-state index contributed by atoms with van der Waals surface area (Å²) in [6.07, 6.45) is 7.26. The van der Waals surface area contributed by atoms with Gasteiger partial charge in [-0.2, -0.15) is 0 Å². The molecule has 30 heavy (non-hydrogen) atoms. The minimum Gasteiger partial charge on any atom is -0.338 e. The summed E-state index contributed by atoms with van der Waals surface area (Å²) < 4.78 is 0. The maximum absolute atomic E-state index is 13.2. The number of carbonyl (C=O) groups excluding carboxylic acids is 1. The van der Waals surface area contributed by atoms with Gasteiger partial charge in [-0.05, 0) is 76.3 Å². The second-order valence-corrected chi connectivity index (χ2v) is 9.77. The number of hydrogen-bond donors (Lipinski definition) is 1. The van der Waals surface area contributed by atoms with E-state index >= 15 is 0 Å². The van der Waals surface area contributed by atoms with Gasteiger partial charge in [-0.1, -0.05) is 32.3 Å². The largest absolute Gasteiger partial charge is 0.338 e. The molecule has 0 spiro atoms. The van der Waals surface area contributed by atoms with Crippen molar-refractivity contribution in [2.45, 2.75) is 79.2 Å². The number of thiazole rings is 1. The van der Waals surface area contributed by atoms with E-state index in [1.165, 1.54) is 42.4 Å². The monoisotopic (exact) mass is 427 g/mol. The average molecular weight is 428 g/mol. The molecule has 1 aromatic heterocycles. The molecule has 1 aromatic carbocycles. The lowest BCUT2D eigenvalue weighted by atomic mass is 10.0. The fraction of sp³-hybridized carbons (Fsp3) is 0.600. The number of likely N-dealkylation sites (tertiary alicyclic amines) is 1. The highest BCUT2D eigenvalue weighted by Gasteiger charge is 2.26. The van der Waals surface area contributed by atoms with E-state index in [4.69, 9.17) is 4.98 Å². The van der Waals surface area contributed by atoms with Crippen molar-refractivity contribution in [3.63, 3.8) is 0 Å². The van der Waals surface area contributed by atoms with E-state index in [1.54, 1.807) is 11.3 Å². The number of piperidine rings is 1.